The van der Waals surface area contributed by atoms with Gasteiger partial charge in [-0.25, -0.2) is 0 Å². The molecule has 0 fully saturated rings. The number of rotatable bonds is 8. The van der Waals surface area contributed by atoms with Crippen molar-refractivity contribution in [2.45, 2.75) is 27.7 Å². The second-order valence-electron chi connectivity index (χ2n) is 7.38. The Balaban J connectivity index is 1.84. The molecular formula is C22H27N7O2. The number of H-pyrrole nitrogens is 1. The molecule has 2 aromatic rings. The SMILES string of the molecule is CCN(CC)CCNC(=O)c1c(C)[nH]c(/C=C2\C(=O)Nc3cc(N=[N+]=[N-])ccc32)c1C. The molecule has 3 N–H and O–H groups in total. The number of aromatic amines is 1. The van der Waals surface area contributed by atoms with E-state index >= 15 is 0 Å². The van der Waals surface area contributed by atoms with Crippen molar-refractivity contribution >= 4 is 34.8 Å². The number of amides is 2. The summed E-state index contributed by atoms with van der Waals surface area (Å²) in [5, 5.41) is 9.35. The summed E-state index contributed by atoms with van der Waals surface area (Å²) >= 11 is 0. The molecule has 162 valence electrons. The standard InChI is InChI=1S/C22H27N7O2/c1-5-29(6-2)10-9-24-22(31)20-13(3)18(25-14(20)4)12-17-16-8-7-15(27-28-23)11-19(16)26-21(17)30/h7-8,11-12,25H,5-6,9-10H2,1-4H3,(H,24,31)(H,26,30)/b17-12-. The quantitative estimate of drug-likeness (QED) is 0.257. The minimum atomic E-state index is -0.245. The van der Waals surface area contributed by atoms with Crippen LogP contribution in [0.4, 0.5) is 11.4 Å². The van der Waals surface area contributed by atoms with Crippen LogP contribution in [0.2, 0.25) is 0 Å². The summed E-state index contributed by atoms with van der Waals surface area (Å²) < 4.78 is 0. The molecule has 1 aromatic heterocycles. The van der Waals surface area contributed by atoms with Crippen molar-refractivity contribution in [2.75, 3.05) is 31.5 Å². The van der Waals surface area contributed by atoms with Gasteiger partial charge in [-0.1, -0.05) is 31.1 Å². The molecule has 2 amide bonds. The van der Waals surface area contributed by atoms with Crippen LogP contribution in [0.1, 0.15) is 46.7 Å². The van der Waals surface area contributed by atoms with Gasteiger partial charge in [0.05, 0.1) is 11.1 Å². The van der Waals surface area contributed by atoms with Gasteiger partial charge in [-0.2, -0.15) is 0 Å². The van der Waals surface area contributed by atoms with Gasteiger partial charge < -0.3 is 20.5 Å². The van der Waals surface area contributed by atoms with Crippen LogP contribution in [0.15, 0.2) is 23.3 Å². The molecule has 0 unspecified atom stereocenters. The minimum Gasteiger partial charge on any atom is -0.358 e. The predicted octanol–water partition coefficient (Wildman–Crippen LogP) is 4.14. The number of fused-ring (bicyclic) bond motifs is 1. The van der Waals surface area contributed by atoms with E-state index in [9.17, 15) is 9.59 Å². The molecule has 0 radical (unpaired) electrons. The number of likely N-dealkylation sites (N-methyl/N-ethyl adjacent to an activating group) is 1. The van der Waals surface area contributed by atoms with Crippen LogP contribution in [0.5, 0.6) is 0 Å². The molecule has 1 aromatic carbocycles. The number of carbonyl (C=O) groups excluding carboxylic acids is 2. The van der Waals surface area contributed by atoms with E-state index in [1.54, 1.807) is 24.3 Å². The van der Waals surface area contributed by atoms with Crippen molar-refractivity contribution in [3.8, 4) is 0 Å². The molecule has 0 bridgehead atoms. The Hall–Kier alpha value is -3.55. The van der Waals surface area contributed by atoms with E-state index < -0.39 is 0 Å². The highest BCUT2D eigenvalue weighted by Crippen LogP contribution is 2.36. The lowest BCUT2D eigenvalue weighted by molar-refractivity contribution is -0.110. The maximum absolute atomic E-state index is 12.8. The number of nitrogens with one attached hydrogen (secondary N) is 3. The Morgan fingerprint density at radius 3 is 2.71 bits per heavy atom. The third-order valence-electron chi connectivity index (χ3n) is 5.55. The van der Waals surface area contributed by atoms with Crippen LogP contribution in [0, 0.1) is 13.8 Å². The Morgan fingerprint density at radius 2 is 2.03 bits per heavy atom. The number of anilines is 1. The fourth-order valence-corrected chi connectivity index (χ4v) is 3.80. The number of hydrogen-bond acceptors (Lipinski definition) is 4. The number of carbonyl (C=O) groups is 2. The summed E-state index contributed by atoms with van der Waals surface area (Å²) in [7, 11) is 0. The van der Waals surface area contributed by atoms with E-state index in [2.05, 4.69) is 44.4 Å². The smallest absolute Gasteiger partial charge is 0.256 e. The van der Waals surface area contributed by atoms with Crippen molar-refractivity contribution in [1.29, 1.82) is 0 Å². The van der Waals surface area contributed by atoms with Gasteiger partial charge in [0.25, 0.3) is 11.8 Å². The maximum atomic E-state index is 12.8. The maximum Gasteiger partial charge on any atom is 0.256 e. The monoisotopic (exact) mass is 421 g/mol. The van der Waals surface area contributed by atoms with E-state index in [0.29, 0.717) is 34.8 Å². The van der Waals surface area contributed by atoms with Gasteiger partial charge in [0, 0.05) is 46.3 Å². The molecule has 0 atom stereocenters. The number of nitrogens with zero attached hydrogens (tertiary/aromatic N) is 4. The highest BCUT2D eigenvalue weighted by Gasteiger charge is 2.25. The van der Waals surface area contributed by atoms with Crippen molar-refractivity contribution in [3.63, 3.8) is 0 Å². The Labute approximate surface area is 181 Å². The Morgan fingerprint density at radius 1 is 1.29 bits per heavy atom. The second-order valence-corrected chi connectivity index (χ2v) is 7.38. The van der Waals surface area contributed by atoms with Crippen molar-refractivity contribution in [3.05, 3.63) is 56.7 Å². The van der Waals surface area contributed by atoms with Crippen LogP contribution < -0.4 is 10.6 Å². The first-order valence-electron chi connectivity index (χ1n) is 10.3. The van der Waals surface area contributed by atoms with Crippen LogP contribution in [-0.2, 0) is 4.79 Å². The van der Waals surface area contributed by atoms with Crippen molar-refractivity contribution in [2.24, 2.45) is 5.11 Å². The Bertz CT molecular complexity index is 1090. The zero-order chi connectivity index (χ0) is 22.5. The topological polar surface area (TPSA) is 126 Å². The van der Waals surface area contributed by atoms with Gasteiger partial charge in [-0.15, -0.1) is 0 Å². The molecule has 1 aliphatic heterocycles. The number of azide groups is 1. The van der Waals surface area contributed by atoms with E-state index in [0.717, 1.165) is 36.5 Å². The lowest BCUT2D eigenvalue weighted by atomic mass is 10.0. The lowest BCUT2D eigenvalue weighted by Crippen LogP contribution is -2.35. The molecule has 9 nitrogen and oxygen atoms in total. The number of aromatic nitrogens is 1. The van der Waals surface area contributed by atoms with E-state index in [1.165, 1.54) is 0 Å². The van der Waals surface area contributed by atoms with Crippen LogP contribution in [0.3, 0.4) is 0 Å². The average Bonchev–Trinajstić information content (AvgIpc) is 3.20. The molecule has 0 saturated carbocycles. The molecule has 0 saturated heterocycles. The Kier molecular flexibility index (Phi) is 6.79. The number of hydrogen-bond donors (Lipinski definition) is 3. The van der Waals surface area contributed by atoms with Crippen LogP contribution >= 0.6 is 0 Å². The fourth-order valence-electron chi connectivity index (χ4n) is 3.80. The highest BCUT2D eigenvalue weighted by atomic mass is 16.2. The van der Waals surface area contributed by atoms with Crippen molar-refractivity contribution < 1.29 is 9.59 Å². The number of benzene rings is 1. The first-order valence-corrected chi connectivity index (χ1v) is 10.3. The lowest BCUT2D eigenvalue weighted by Gasteiger charge is -2.18. The third kappa shape index (κ3) is 4.63. The van der Waals surface area contributed by atoms with Gasteiger partial charge >= 0.3 is 0 Å². The van der Waals surface area contributed by atoms with E-state index in [-0.39, 0.29) is 11.8 Å². The van der Waals surface area contributed by atoms with Crippen LogP contribution in [-0.4, -0.2) is 47.9 Å². The average molecular weight is 422 g/mol. The van der Waals surface area contributed by atoms with E-state index in [1.807, 2.05) is 13.8 Å². The molecular weight excluding hydrogens is 394 g/mol. The predicted molar refractivity (Wildman–Crippen MR) is 122 cm³/mol. The fraction of sp³-hybridized carbons (Fsp3) is 0.364. The van der Waals surface area contributed by atoms with Gasteiger partial charge in [-0.3, -0.25) is 9.59 Å². The largest absolute Gasteiger partial charge is 0.358 e. The first-order chi connectivity index (χ1) is 14.9. The van der Waals surface area contributed by atoms with Crippen molar-refractivity contribution in [1.82, 2.24) is 15.2 Å². The summed E-state index contributed by atoms with van der Waals surface area (Å²) in [5.74, 6) is -0.372. The molecule has 2 heterocycles. The summed E-state index contributed by atoms with van der Waals surface area (Å²) in [4.78, 5) is 33.5. The molecule has 31 heavy (non-hydrogen) atoms. The zero-order valence-corrected chi connectivity index (χ0v) is 18.2. The first kappa shape index (κ1) is 22.1. The molecule has 9 heteroatoms. The molecule has 1 aliphatic rings. The summed E-state index contributed by atoms with van der Waals surface area (Å²) in [5.41, 5.74) is 13.7. The minimum absolute atomic E-state index is 0.127. The van der Waals surface area contributed by atoms with Crippen LogP contribution in [0.25, 0.3) is 22.1 Å². The van der Waals surface area contributed by atoms with Gasteiger partial charge in [-0.05, 0) is 50.2 Å². The summed E-state index contributed by atoms with van der Waals surface area (Å²) in [6.45, 7) is 11.2. The number of aryl methyl sites for hydroxylation is 1. The zero-order valence-electron chi connectivity index (χ0n) is 18.2. The second kappa shape index (κ2) is 9.51. The molecule has 0 aliphatic carbocycles. The van der Waals surface area contributed by atoms with Gasteiger partial charge in [0.15, 0.2) is 0 Å². The highest BCUT2D eigenvalue weighted by molar-refractivity contribution is 6.35. The van der Waals surface area contributed by atoms with E-state index in [4.69, 9.17) is 5.53 Å². The summed E-state index contributed by atoms with van der Waals surface area (Å²) in [6, 6.07) is 5.04. The van der Waals surface area contributed by atoms with Gasteiger partial charge in [0.1, 0.15) is 0 Å². The van der Waals surface area contributed by atoms with Gasteiger partial charge in [0.2, 0.25) is 0 Å². The summed E-state index contributed by atoms with van der Waals surface area (Å²) in [6.07, 6.45) is 1.75. The third-order valence-corrected chi connectivity index (χ3v) is 5.55. The molecule has 0 spiro atoms. The normalized spacial score (nSPS) is 13.8. The molecule has 3 rings (SSSR count).